The van der Waals surface area contributed by atoms with Crippen LogP contribution in [0.3, 0.4) is 0 Å². The van der Waals surface area contributed by atoms with Gasteiger partial charge in [-0.2, -0.15) is 0 Å². The van der Waals surface area contributed by atoms with Gasteiger partial charge in [0.1, 0.15) is 24.2 Å². The first-order chi connectivity index (χ1) is 17.8. The third-order valence-electron chi connectivity index (χ3n) is 6.13. The number of methoxy groups -OCH3 is 1. The number of fused-ring (bicyclic) bond motifs is 1. The lowest BCUT2D eigenvalue weighted by Crippen LogP contribution is -2.31. The fraction of sp³-hybridized carbons (Fsp3) is 0.300. The van der Waals surface area contributed by atoms with Crippen LogP contribution in [0.2, 0.25) is 0 Å². The van der Waals surface area contributed by atoms with Crippen molar-refractivity contribution in [2.75, 3.05) is 20.3 Å². The van der Waals surface area contributed by atoms with Gasteiger partial charge in [-0.1, -0.05) is 36.8 Å². The van der Waals surface area contributed by atoms with Crippen LogP contribution in [0, 0.1) is 6.92 Å². The highest BCUT2D eigenvalue weighted by Gasteiger charge is 2.34. The van der Waals surface area contributed by atoms with Gasteiger partial charge in [-0.3, -0.25) is 14.4 Å². The van der Waals surface area contributed by atoms with Crippen molar-refractivity contribution in [3.63, 3.8) is 0 Å². The number of allylic oxidation sites excluding steroid dienone is 4. The van der Waals surface area contributed by atoms with Crippen LogP contribution < -0.4 is 15.5 Å². The molecule has 3 aromatic rings. The molecule has 1 aliphatic rings. The summed E-state index contributed by atoms with van der Waals surface area (Å²) in [6, 6.07) is 15.1. The smallest absolute Gasteiger partial charge is 0.196 e. The van der Waals surface area contributed by atoms with Crippen LogP contribution >= 0.6 is 0 Å². The molecule has 0 amide bonds. The van der Waals surface area contributed by atoms with Gasteiger partial charge in [-0.25, -0.2) is 0 Å². The van der Waals surface area contributed by atoms with E-state index in [0.717, 1.165) is 11.3 Å². The summed E-state index contributed by atoms with van der Waals surface area (Å²) in [6.45, 7) is 8.45. The maximum absolute atomic E-state index is 13.2. The van der Waals surface area contributed by atoms with Crippen molar-refractivity contribution >= 4 is 23.0 Å². The monoisotopic (exact) mass is 503 g/mol. The number of carbonyl (C=O) groups excluding carboxylic acids is 2. The molecule has 0 bridgehead atoms. The molecule has 1 aromatic heterocycles. The Bertz CT molecular complexity index is 1380. The van der Waals surface area contributed by atoms with E-state index in [2.05, 4.69) is 5.32 Å². The molecule has 7 heteroatoms. The average molecular weight is 504 g/mol. The molecule has 7 nitrogen and oxygen atoms in total. The van der Waals surface area contributed by atoms with E-state index < -0.39 is 5.92 Å². The summed E-state index contributed by atoms with van der Waals surface area (Å²) in [4.78, 5) is 37.5. The molecule has 0 saturated carbocycles. The molecule has 1 N–H and O–H groups in total. The second-order valence-corrected chi connectivity index (χ2v) is 8.75. The van der Waals surface area contributed by atoms with E-state index in [0.29, 0.717) is 58.6 Å². The van der Waals surface area contributed by atoms with E-state index in [4.69, 9.17) is 13.9 Å². The van der Waals surface area contributed by atoms with Gasteiger partial charge in [-0.05, 0) is 45.0 Å². The molecule has 37 heavy (non-hydrogen) atoms. The number of ether oxygens (including phenoxy) is 2. The van der Waals surface area contributed by atoms with E-state index in [1.54, 1.807) is 40.0 Å². The van der Waals surface area contributed by atoms with E-state index in [9.17, 15) is 14.4 Å². The quantitative estimate of drug-likeness (QED) is 0.332. The molecule has 194 valence electrons. The maximum atomic E-state index is 13.2. The fourth-order valence-corrected chi connectivity index (χ4v) is 4.27. The zero-order chi connectivity index (χ0) is 26.9. The highest BCUT2D eigenvalue weighted by atomic mass is 16.5. The second-order valence-electron chi connectivity index (χ2n) is 8.75. The number of hydrogen-bond acceptors (Lipinski definition) is 7. The van der Waals surface area contributed by atoms with Crippen LogP contribution in [0.5, 0.6) is 5.75 Å². The average Bonchev–Trinajstić information content (AvgIpc) is 2.90. The van der Waals surface area contributed by atoms with E-state index in [-0.39, 0.29) is 17.6 Å². The lowest BCUT2D eigenvalue weighted by Gasteiger charge is -2.29. The zero-order valence-corrected chi connectivity index (χ0v) is 21.9. The third kappa shape index (κ3) is 6.43. The third-order valence-corrected chi connectivity index (χ3v) is 6.13. The van der Waals surface area contributed by atoms with Crippen LogP contribution in [0.1, 0.15) is 44.2 Å². The lowest BCUT2D eigenvalue weighted by molar-refractivity contribution is -0.115. The highest BCUT2D eigenvalue weighted by Crippen LogP contribution is 2.37. The van der Waals surface area contributed by atoms with Gasteiger partial charge in [0.2, 0.25) is 0 Å². The number of aryl methyl sites for hydroxylation is 1. The Kier molecular flexibility index (Phi) is 9.57. The SMILES string of the molecule is CCC(=O)C1=C(C)NC(C)=C(C=O)C1c1coc2ccc(C)cc2c1=O.COCCOc1ccccc1. The van der Waals surface area contributed by atoms with Crippen LogP contribution in [0.25, 0.3) is 11.0 Å². The number of para-hydroxylation sites is 1. The van der Waals surface area contributed by atoms with Crippen molar-refractivity contribution in [2.45, 2.75) is 40.0 Å². The number of dihydropyridines is 1. The van der Waals surface area contributed by atoms with Crippen LogP contribution in [0.4, 0.5) is 0 Å². The number of carbonyl (C=O) groups is 2. The topological polar surface area (TPSA) is 94.8 Å². The van der Waals surface area contributed by atoms with Crippen molar-refractivity contribution in [1.82, 2.24) is 5.32 Å². The van der Waals surface area contributed by atoms with Crippen molar-refractivity contribution in [3.8, 4) is 5.75 Å². The Morgan fingerprint density at radius 2 is 1.78 bits per heavy atom. The minimum Gasteiger partial charge on any atom is -0.491 e. The molecule has 0 spiro atoms. The summed E-state index contributed by atoms with van der Waals surface area (Å²) in [5.74, 6) is 0.0718. The van der Waals surface area contributed by atoms with Crippen molar-refractivity contribution in [3.05, 3.63) is 98.7 Å². The molecular formula is C30H33NO6. The predicted molar refractivity (Wildman–Crippen MR) is 144 cm³/mol. The summed E-state index contributed by atoms with van der Waals surface area (Å²) in [5.41, 5.74) is 3.63. The van der Waals surface area contributed by atoms with Gasteiger partial charge < -0.3 is 19.2 Å². The number of aldehydes is 1. The summed E-state index contributed by atoms with van der Waals surface area (Å²) < 4.78 is 15.8. The number of hydrogen-bond donors (Lipinski definition) is 1. The fourth-order valence-electron chi connectivity index (χ4n) is 4.27. The maximum Gasteiger partial charge on any atom is 0.196 e. The summed E-state index contributed by atoms with van der Waals surface area (Å²) in [5, 5.41) is 3.53. The van der Waals surface area contributed by atoms with Crippen molar-refractivity contribution < 1.29 is 23.5 Å². The Balaban J connectivity index is 0.000000289. The molecule has 2 aromatic carbocycles. The first kappa shape index (κ1) is 27.6. The predicted octanol–water partition coefficient (Wildman–Crippen LogP) is 5.23. The van der Waals surface area contributed by atoms with E-state index in [1.807, 2.05) is 43.3 Å². The van der Waals surface area contributed by atoms with E-state index >= 15 is 0 Å². The first-order valence-electron chi connectivity index (χ1n) is 12.2. The van der Waals surface area contributed by atoms with E-state index in [1.165, 1.54) is 6.26 Å². The van der Waals surface area contributed by atoms with Crippen LogP contribution in [-0.2, 0) is 14.3 Å². The number of Topliss-reactive ketones (excluding diaryl/α,β-unsaturated/α-hetero) is 1. The van der Waals surface area contributed by atoms with Crippen LogP contribution in [-0.4, -0.2) is 32.4 Å². The largest absolute Gasteiger partial charge is 0.491 e. The van der Waals surface area contributed by atoms with Crippen molar-refractivity contribution in [2.24, 2.45) is 0 Å². The Morgan fingerprint density at radius 1 is 1.05 bits per heavy atom. The second kappa shape index (κ2) is 12.8. The van der Waals surface area contributed by atoms with Gasteiger partial charge >= 0.3 is 0 Å². The number of ketones is 1. The Hall–Kier alpha value is -3.97. The minimum absolute atomic E-state index is 0.101. The summed E-state index contributed by atoms with van der Waals surface area (Å²) in [6.07, 6.45) is 2.37. The van der Waals surface area contributed by atoms with Crippen LogP contribution in [0.15, 0.2) is 86.5 Å². The van der Waals surface area contributed by atoms with Gasteiger partial charge in [0.05, 0.1) is 24.2 Å². The summed E-state index contributed by atoms with van der Waals surface area (Å²) >= 11 is 0. The molecule has 0 saturated heterocycles. The summed E-state index contributed by atoms with van der Waals surface area (Å²) in [7, 11) is 1.66. The number of nitrogens with one attached hydrogen (secondary N) is 1. The Labute approximate surface area is 216 Å². The first-order valence-corrected chi connectivity index (χ1v) is 12.2. The normalized spacial score (nSPS) is 15.1. The minimum atomic E-state index is -0.720. The lowest BCUT2D eigenvalue weighted by atomic mass is 9.79. The van der Waals surface area contributed by atoms with Crippen molar-refractivity contribution in [1.29, 1.82) is 0 Å². The molecule has 0 fully saturated rings. The molecule has 4 rings (SSSR count). The molecule has 2 heterocycles. The highest BCUT2D eigenvalue weighted by molar-refractivity contribution is 6.00. The molecule has 0 radical (unpaired) electrons. The number of benzene rings is 2. The molecule has 0 aliphatic carbocycles. The molecule has 1 aliphatic heterocycles. The standard InChI is InChI=1S/C21H21NO4.C9H12O2/c1-5-17(24)19-13(4)22-12(3)15(9-23)20(19)16-10-26-18-7-6-11(2)8-14(18)21(16)25;1-10-7-8-11-9-5-3-2-4-6-9/h6-10,20,22H,5H2,1-4H3;2-6H,7-8H2,1H3. The molecule has 1 atom stereocenters. The number of rotatable bonds is 8. The zero-order valence-electron chi connectivity index (χ0n) is 21.9. The molecular weight excluding hydrogens is 470 g/mol. The Morgan fingerprint density at radius 3 is 2.43 bits per heavy atom. The van der Waals surface area contributed by atoms with Gasteiger partial charge in [0, 0.05) is 41.6 Å². The van der Waals surface area contributed by atoms with Gasteiger partial charge in [0.25, 0.3) is 0 Å². The van der Waals surface area contributed by atoms with Gasteiger partial charge in [0.15, 0.2) is 11.2 Å². The molecule has 1 unspecified atom stereocenters. The van der Waals surface area contributed by atoms with Gasteiger partial charge in [-0.15, -0.1) is 0 Å².